The lowest BCUT2D eigenvalue weighted by molar-refractivity contribution is 0.0489. The molecule has 0 saturated carbocycles. The molecule has 5 atom stereocenters. The summed E-state index contributed by atoms with van der Waals surface area (Å²) in [5.74, 6) is 1.25. The average molecular weight is 265 g/mol. The molecule has 0 bridgehead atoms. The highest BCUT2D eigenvalue weighted by molar-refractivity contribution is 5.15. The lowest BCUT2D eigenvalue weighted by atomic mass is 9.78. The van der Waals surface area contributed by atoms with Gasteiger partial charge in [0.15, 0.2) is 0 Å². The number of likely N-dealkylation sites (N-methyl/N-ethyl adjacent to an activating group) is 1. The van der Waals surface area contributed by atoms with Gasteiger partial charge < -0.3 is 10.1 Å². The fourth-order valence-electron chi connectivity index (χ4n) is 3.99. The Morgan fingerprint density at radius 2 is 1.84 bits per heavy atom. The molecule has 1 saturated heterocycles. The van der Waals surface area contributed by atoms with E-state index in [-0.39, 0.29) is 0 Å². The molecule has 0 amide bonds. The molecule has 2 heteroatoms. The maximum atomic E-state index is 6.05. The van der Waals surface area contributed by atoms with E-state index in [9.17, 15) is 0 Å². The molecule has 2 rings (SSSR count). The van der Waals surface area contributed by atoms with Crippen LogP contribution in [0.25, 0.3) is 0 Å². The van der Waals surface area contributed by atoms with Crippen molar-refractivity contribution in [3.8, 4) is 0 Å². The van der Waals surface area contributed by atoms with Gasteiger partial charge in [0.1, 0.15) is 0 Å². The Morgan fingerprint density at radius 1 is 1.11 bits per heavy atom. The van der Waals surface area contributed by atoms with Crippen molar-refractivity contribution in [2.24, 2.45) is 11.8 Å². The van der Waals surface area contributed by atoms with E-state index in [0.717, 1.165) is 0 Å². The number of ether oxygens (including phenoxy) is 1. The molecule has 110 valence electrons. The second kappa shape index (κ2) is 6.90. The molecule has 19 heavy (non-hydrogen) atoms. The van der Waals surface area contributed by atoms with Gasteiger partial charge >= 0.3 is 0 Å². The van der Waals surface area contributed by atoms with Crippen molar-refractivity contribution in [3.05, 3.63) is 11.6 Å². The van der Waals surface area contributed by atoms with Gasteiger partial charge in [-0.15, -0.1) is 0 Å². The summed E-state index contributed by atoms with van der Waals surface area (Å²) in [6.45, 7) is 6.82. The Bertz CT molecular complexity index is 312. The second-order valence-electron chi connectivity index (χ2n) is 6.48. The van der Waals surface area contributed by atoms with E-state index in [4.69, 9.17) is 4.74 Å². The molecule has 1 fully saturated rings. The zero-order valence-electron chi connectivity index (χ0n) is 13.1. The average Bonchev–Trinajstić information content (AvgIpc) is 2.58. The highest BCUT2D eigenvalue weighted by Gasteiger charge is 2.42. The zero-order chi connectivity index (χ0) is 13.8. The van der Waals surface area contributed by atoms with Gasteiger partial charge in [0.05, 0.1) is 12.2 Å². The molecule has 0 aromatic carbocycles. The summed E-state index contributed by atoms with van der Waals surface area (Å²) < 4.78 is 6.05. The van der Waals surface area contributed by atoms with Crippen LogP contribution in [0.1, 0.15) is 59.3 Å². The molecule has 0 spiro atoms. The van der Waals surface area contributed by atoms with Crippen LogP contribution in [-0.2, 0) is 4.74 Å². The van der Waals surface area contributed by atoms with E-state index in [1.54, 1.807) is 5.57 Å². The summed E-state index contributed by atoms with van der Waals surface area (Å²) >= 11 is 0. The number of hydrogen-bond acceptors (Lipinski definition) is 2. The third kappa shape index (κ3) is 3.41. The van der Waals surface area contributed by atoms with Gasteiger partial charge in [-0.3, -0.25) is 0 Å². The first kappa shape index (κ1) is 15.1. The van der Waals surface area contributed by atoms with Gasteiger partial charge in [0.2, 0.25) is 0 Å². The summed E-state index contributed by atoms with van der Waals surface area (Å²) in [5.41, 5.74) is 1.64. The Kier molecular flexibility index (Phi) is 5.47. The maximum absolute atomic E-state index is 6.05. The minimum absolute atomic E-state index is 0.369. The van der Waals surface area contributed by atoms with Gasteiger partial charge in [-0.05, 0) is 52.5 Å². The van der Waals surface area contributed by atoms with Gasteiger partial charge in [-0.2, -0.15) is 0 Å². The van der Waals surface area contributed by atoms with Gasteiger partial charge in [-0.25, -0.2) is 0 Å². The summed E-state index contributed by atoms with van der Waals surface area (Å²) in [4.78, 5) is 0. The van der Waals surface area contributed by atoms with Crippen molar-refractivity contribution in [2.45, 2.75) is 77.5 Å². The van der Waals surface area contributed by atoms with E-state index in [1.807, 2.05) is 0 Å². The molecular weight excluding hydrogens is 234 g/mol. The second-order valence-corrected chi connectivity index (χ2v) is 6.48. The molecule has 1 heterocycles. The van der Waals surface area contributed by atoms with Gasteiger partial charge in [-0.1, -0.05) is 31.4 Å². The zero-order valence-corrected chi connectivity index (χ0v) is 13.1. The van der Waals surface area contributed by atoms with Crippen molar-refractivity contribution in [2.75, 3.05) is 7.05 Å². The van der Waals surface area contributed by atoms with E-state index in [0.29, 0.717) is 30.1 Å². The van der Waals surface area contributed by atoms with Crippen LogP contribution in [0.2, 0.25) is 0 Å². The van der Waals surface area contributed by atoms with Crippen molar-refractivity contribution in [1.82, 2.24) is 5.32 Å². The SMILES string of the molecule is CNC(C1=CCCCCCC1)C1C(C)OC(C)C1C. The predicted molar refractivity (Wildman–Crippen MR) is 81.3 cm³/mol. The monoisotopic (exact) mass is 265 g/mol. The molecule has 1 aliphatic heterocycles. The van der Waals surface area contributed by atoms with Crippen LogP contribution >= 0.6 is 0 Å². The molecule has 1 aliphatic carbocycles. The van der Waals surface area contributed by atoms with Gasteiger partial charge in [0.25, 0.3) is 0 Å². The van der Waals surface area contributed by atoms with Crippen LogP contribution < -0.4 is 5.32 Å². The van der Waals surface area contributed by atoms with E-state index >= 15 is 0 Å². The van der Waals surface area contributed by atoms with Gasteiger partial charge in [0, 0.05) is 12.0 Å². The normalized spacial score (nSPS) is 38.4. The van der Waals surface area contributed by atoms with E-state index in [2.05, 4.69) is 39.2 Å². The summed E-state index contributed by atoms with van der Waals surface area (Å²) in [7, 11) is 2.12. The van der Waals surface area contributed by atoms with Crippen LogP contribution in [0.4, 0.5) is 0 Å². The Hall–Kier alpha value is -0.340. The summed E-state index contributed by atoms with van der Waals surface area (Å²) in [6.07, 6.45) is 11.3. The molecule has 0 radical (unpaired) electrons. The quantitative estimate of drug-likeness (QED) is 0.781. The summed E-state index contributed by atoms with van der Waals surface area (Å²) in [5, 5.41) is 3.59. The fourth-order valence-corrected chi connectivity index (χ4v) is 3.99. The molecular formula is C17H31NO. The largest absolute Gasteiger partial charge is 0.375 e. The molecule has 2 aliphatic rings. The highest BCUT2D eigenvalue weighted by Crippen LogP contribution is 2.38. The van der Waals surface area contributed by atoms with Crippen LogP contribution in [0, 0.1) is 11.8 Å². The van der Waals surface area contributed by atoms with Crippen LogP contribution in [-0.4, -0.2) is 25.3 Å². The first-order chi connectivity index (χ1) is 9.15. The number of rotatable bonds is 3. The first-order valence-corrected chi connectivity index (χ1v) is 8.16. The maximum Gasteiger partial charge on any atom is 0.0600 e. The smallest absolute Gasteiger partial charge is 0.0600 e. The Labute approximate surface area is 119 Å². The topological polar surface area (TPSA) is 21.3 Å². The lowest BCUT2D eigenvalue weighted by Crippen LogP contribution is -2.41. The van der Waals surface area contributed by atoms with Crippen molar-refractivity contribution >= 4 is 0 Å². The molecule has 5 unspecified atom stereocenters. The number of allylic oxidation sites excluding steroid dienone is 1. The number of nitrogens with one attached hydrogen (secondary N) is 1. The minimum atomic E-state index is 0.369. The highest BCUT2D eigenvalue weighted by atomic mass is 16.5. The molecule has 0 aromatic rings. The summed E-state index contributed by atoms with van der Waals surface area (Å²) in [6, 6.07) is 0.507. The fraction of sp³-hybridized carbons (Fsp3) is 0.882. The predicted octanol–water partition coefficient (Wildman–Crippen LogP) is 3.91. The third-order valence-electron chi connectivity index (χ3n) is 5.24. The van der Waals surface area contributed by atoms with Crippen molar-refractivity contribution in [3.63, 3.8) is 0 Å². The van der Waals surface area contributed by atoms with Crippen LogP contribution in [0.3, 0.4) is 0 Å². The molecule has 0 aromatic heterocycles. The Balaban J connectivity index is 2.13. The Morgan fingerprint density at radius 3 is 2.47 bits per heavy atom. The molecule has 1 N–H and O–H groups in total. The van der Waals surface area contributed by atoms with Crippen LogP contribution in [0.5, 0.6) is 0 Å². The first-order valence-electron chi connectivity index (χ1n) is 8.16. The lowest BCUT2D eigenvalue weighted by Gasteiger charge is -2.31. The van der Waals surface area contributed by atoms with Crippen molar-refractivity contribution in [1.29, 1.82) is 0 Å². The standard InChI is InChI=1S/C17H31NO/c1-12-13(2)19-14(3)16(12)17(18-4)15-10-8-6-5-7-9-11-15/h10,12-14,16-18H,5-9,11H2,1-4H3. The van der Waals surface area contributed by atoms with Crippen molar-refractivity contribution < 1.29 is 4.74 Å². The number of hydrogen-bond donors (Lipinski definition) is 1. The minimum Gasteiger partial charge on any atom is -0.375 e. The van der Waals surface area contributed by atoms with E-state index in [1.165, 1.54) is 38.5 Å². The van der Waals surface area contributed by atoms with Crippen LogP contribution in [0.15, 0.2) is 11.6 Å². The third-order valence-corrected chi connectivity index (χ3v) is 5.24. The van der Waals surface area contributed by atoms with E-state index < -0.39 is 0 Å². The molecule has 2 nitrogen and oxygen atoms in total.